The minimum absolute atomic E-state index is 0.106. The molecule has 4 heterocycles. The quantitative estimate of drug-likeness (QED) is 0.451. The molecule has 0 atom stereocenters. The van der Waals surface area contributed by atoms with Crippen molar-refractivity contribution in [1.29, 1.82) is 0 Å². The lowest BCUT2D eigenvalue weighted by Crippen LogP contribution is -2.29. The third kappa shape index (κ3) is 6.38. The van der Waals surface area contributed by atoms with Crippen LogP contribution in [-0.2, 0) is 6.54 Å². The number of nitrogens with one attached hydrogen (secondary N) is 1. The SMILES string of the molecule is COc1c(=O)n2oc(=O)ccc(=O)oc1nc2NCCCOc1cccc(CN2CCCCC2)c1. The molecule has 0 saturated carbocycles. The Morgan fingerprint density at radius 2 is 1.86 bits per heavy atom. The second kappa shape index (κ2) is 11.5. The zero-order valence-corrected chi connectivity index (χ0v) is 19.5. The molecule has 1 aromatic carbocycles. The highest BCUT2D eigenvalue weighted by Crippen LogP contribution is 2.18. The van der Waals surface area contributed by atoms with Crippen LogP contribution in [0.15, 0.2) is 59.7 Å². The maximum Gasteiger partial charge on any atom is 0.357 e. The number of fused-ring (bicyclic) bond motifs is 7. The number of nitrogens with zero attached hydrogens (tertiary/aromatic N) is 3. The van der Waals surface area contributed by atoms with Crippen molar-refractivity contribution < 1.29 is 18.4 Å². The highest BCUT2D eigenvalue weighted by Gasteiger charge is 2.16. The first-order valence-electron chi connectivity index (χ1n) is 11.5. The number of piperidine rings is 1. The van der Waals surface area contributed by atoms with E-state index in [-0.39, 0.29) is 17.4 Å². The van der Waals surface area contributed by atoms with Crippen LogP contribution in [-0.4, -0.2) is 47.8 Å². The standard InChI is InChI=1S/C24H28N4O7/c1-32-21-22-26-24(28(23(21)31)35-20(30)10-9-19(29)34-22)25-11-6-14-33-18-8-5-7-17(15-18)16-27-12-3-2-4-13-27/h5,7-10,15H,2-4,6,11-14,16H2,1H3,(H,25,26). The maximum atomic E-state index is 12.7. The number of likely N-dealkylation sites (tertiary alicyclic amines) is 1. The molecule has 3 aromatic heterocycles. The molecule has 1 N–H and O–H groups in total. The van der Waals surface area contributed by atoms with Crippen molar-refractivity contribution >= 4 is 11.7 Å². The van der Waals surface area contributed by atoms with E-state index < -0.39 is 16.8 Å². The lowest BCUT2D eigenvalue weighted by molar-refractivity contribution is 0.220. The molecule has 1 aliphatic rings. The molecule has 1 aliphatic heterocycles. The van der Waals surface area contributed by atoms with Gasteiger partial charge in [-0.1, -0.05) is 23.1 Å². The van der Waals surface area contributed by atoms with E-state index in [0.717, 1.165) is 37.5 Å². The molecule has 35 heavy (non-hydrogen) atoms. The zero-order chi connectivity index (χ0) is 24.6. The summed E-state index contributed by atoms with van der Waals surface area (Å²) in [4.78, 5) is 43.0. The van der Waals surface area contributed by atoms with E-state index in [1.807, 2.05) is 12.1 Å². The zero-order valence-electron chi connectivity index (χ0n) is 19.5. The summed E-state index contributed by atoms with van der Waals surface area (Å²) in [5.74, 6) is 0.321. The Balaban J connectivity index is 1.40. The Morgan fingerprint density at radius 3 is 2.66 bits per heavy atom. The first kappa shape index (κ1) is 24.3. The fourth-order valence-electron chi connectivity index (χ4n) is 3.87. The molecule has 0 amide bonds. The van der Waals surface area contributed by atoms with Gasteiger partial charge in [0.15, 0.2) is 0 Å². The normalized spacial score (nSPS) is 14.0. The average molecular weight is 485 g/mol. The van der Waals surface area contributed by atoms with Crippen LogP contribution >= 0.6 is 0 Å². The summed E-state index contributed by atoms with van der Waals surface area (Å²) in [6.07, 6.45) is 4.36. The molecular weight excluding hydrogens is 456 g/mol. The molecule has 186 valence electrons. The molecule has 0 unspecified atom stereocenters. The van der Waals surface area contributed by atoms with Gasteiger partial charge in [0, 0.05) is 25.2 Å². The van der Waals surface area contributed by atoms with Crippen molar-refractivity contribution in [1.82, 2.24) is 14.5 Å². The number of benzene rings is 1. The Morgan fingerprint density at radius 1 is 1.06 bits per heavy atom. The van der Waals surface area contributed by atoms with Crippen molar-refractivity contribution in [3.05, 3.63) is 73.2 Å². The Kier molecular flexibility index (Phi) is 7.99. The monoisotopic (exact) mass is 484 g/mol. The number of aromatic nitrogens is 2. The van der Waals surface area contributed by atoms with Crippen LogP contribution in [0.2, 0.25) is 0 Å². The molecule has 2 bridgehead atoms. The third-order valence-corrected chi connectivity index (χ3v) is 5.54. The number of hydrogen-bond donors (Lipinski definition) is 1. The minimum atomic E-state index is -0.946. The molecule has 0 aliphatic carbocycles. The summed E-state index contributed by atoms with van der Waals surface area (Å²) in [5, 5.41) is 2.92. The van der Waals surface area contributed by atoms with E-state index in [1.165, 1.54) is 31.9 Å². The van der Waals surface area contributed by atoms with Crippen molar-refractivity contribution in [3.8, 4) is 11.5 Å². The van der Waals surface area contributed by atoms with Crippen molar-refractivity contribution in [3.63, 3.8) is 0 Å². The van der Waals surface area contributed by atoms with E-state index in [2.05, 4.69) is 27.3 Å². The predicted octanol–water partition coefficient (Wildman–Crippen LogP) is 2.04. The van der Waals surface area contributed by atoms with Gasteiger partial charge in [-0.25, -0.2) is 9.59 Å². The summed E-state index contributed by atoms with van der Waals surface area (Å²) >= 11 is 0. The lowest BCUT2D eigenvalue weighted by Gasteiger charge is -2.26. The van der Waals surface area contributed by atoms with E-state index >= 15 is 0 Å². The van der Waals surface area contributed by atoms with Gasteiger partial charge < -0.3 is 23.7 Å². The van der Waals surface area contributed by atoms with Gasteiger partial charge in [-0.2, -0.15) is 4.98 Å². The van der Waals surface area contributed by atoms with E-state index in [4.69, 9.17) is 18.4 Å². The van der Waals surface area contributed by atoms with Crippen LogP contribution in [0.25, 0.3) is 5.71 Å². The molecule has 5 rings (SSSR count). The van der Waals surface area contributed by atoms with Crippen molar-refractivity contribution in [2.75, 3.05) is 38.7 Å². The molecular formula is C24H28N4O7. The van der Waals surface area contributed by atoms with Gasteiger partial charge in [0.05, 0.1) is 13.7 Å². The molecule has 4 aromatic rings. The van der Waals surface area contributed by atoms with Crippen LogP contribution < -0.4 is 31.6 Å². The van der Waals surface area contributed by atoms with Gasteiger partial charge in [0.25, 0.3) is 11.5 Å². The van der Waals surface area contributed by atoms with E-state index in [0.29, 0.717) is 24.1 Å². The fourth-order valence-corrected chi connectivity index (χ4v) is 3.87. The largest absolute Gasteiger partial charge is 0.494 e. The molecule has 1 saturated heterocycles. The highest BCUT2D eigenvalue weighted by atomic mass is 16.5. The average Bonchev–Trinajstić information content (AvgIpc) is 2.85. The summed E-state index contributed by atoms with van der Waals surface area (Å²) in [6.45, 7) is 3.93. The van der Waals surface area contributed by atoms with Gasteiger partial charge in [-0.15, -0.1) is 0 Å². The van der Waals surface area contributed by atoms with Crippen molar-refractivity contribution in [2.45, 2.75) is 32.2 Å². The fraction of sp³-hybridized carbons (Fsp3) is 0.417. The number of hydrogen-bond acceptors (Lipinski definition) is 10. The summed E-state index contributed by atoms with van der Waals surface area (Å²) < 4.78 is 21.6. The van der Waals surface area contributed by atoms with E-state index in [1.54, 1.807) is 0 Å². The summed E-state index contributed by atoms with van der Waals surface area (Å²) in [7, 11) is 1.22. The second-order valence-corrected chi connectivity index (χ2v) is 8.15. The van der Waals surface area contributed by atoms with Crippen LogP contribution in [0.3, 0.4) is 0 Å². The van der Waals surface area contributed by atoms with Gasteiger partial charge in [-0.3, -0.25) is 9.69 Å². The minimum Gasteiger partial charge on any atom is -0.494 e. The lowest BCUT2D eigenvalue weighted by atomic mass is 10.1. The van der Waals surface area contributed by atoms with Gasteiger partial charge in [0.2, 0.25) is 5.95 Å². The summed E-state index contributed by atoms with van der Waals surface area (Å²) in [5.41, 5.74) is -1.79. The first-order valence-corrected chi connectivity index (χ1v) is 11.5. The van der Waals surface area contributed by atoms with Gasteiger partial charge in [-0.05, 0) is 50.0 Å². The predicted molar refractivity (Wildman–Crippen MR) is 128 cm³/mol. The molecule has 0 spiro atoms. The summed E-state index contributed by atoms with van der Waals surface area (Å²) in [6, 6.07) is 9.79. The topological polar surface area (TPSA) is 129 Å². The molecule has 1 fully saturated rings. The number of anilines is 1. The first-order chi connectivity index (χ1) is 17.0. The van der Waals surface area contributed by atoms with Crippen LogP contribution in [0.1, 0.15) is 31.2 Å². The molecule has 0 radical (unpaired) electrons. The van der Waals surface area contributed by atoms with Crippen LogP contribution in [0, 0.1) is 0 Å². The third-order valence-electron chi connectivity index (χ3n) is 5.54. The van der Waals surface area contributed by atoms with Gasteiger partial charge in [0.1, 0.15) is 5.75 Å². The van der Waals surface area contributed by atoms with Gasteiger partial charge >= 0.3 is 16.8 Å². The Labute approximate surface area is 200 Å². The smallest absolute Gasteiger partial charge is 0.357 e. The Bertz CT molecular complexity index is 1360. The second-order valence-electron chi connectivity index (χ2n) is 8.15. The number of ether oxygens (including phenoxy) is 2. The van der Waals surface area contributed by atoms with E-state index in [9.17, 15) is 14.4 Å². The van der Waals surface area contributed by atoms with Crippen LogP contribution in [0.5, 0.6) is 11.5 Å². The Hall–Kier alpha value is -3.86. The number of rotatable bonds is 9. The molecule has 11 nitrogen and oxygen atoms in total. The van der Waals surface area contributed by atoms with Crippen molar-refractivity contribution in [2.24, 2.45) is 0 Å². The highest BCUT2D eigenvalue weighted by molar-refractivity contribution is 5.50. The maximum absolute atomic E-state index is 12.7. The van der Waals surface area contributed by atoms with Crippen LogP contribution in [0.4, 0.5) is 5.95 Å². The molecule has 11 heteroatoms. The number of methoxy groups -OCH3 is 1.